The van der Waals surface area contributed by atoms with Gasteiger partial charge in [-0.1, -0.05) is 22.9 Å². The summed E-state index contributed by atoms with van der Waals surface area (Å²) in [6, 6.07) is 5.14. The molecule has 1 aliphatic rings. The van der Waals surface area contributed by atoms with Gasteiger partial charge in [0.2, 0.25) is 10.0 Å². The van der Waals surface area contributed by atoms with E-state index in [1.807, 2.05) is 0 Å². The average Bonchev–Trinajstić information content (AvgIpc) is 3.11. The van der Waals surface area contributed by atoms with Crippen LogP contribution in [0.1, 0.15) is 26.2 Å². The number of nitrogens with one attached hydrogen (secondary N) is 1. The standard InChI is InChI=1S/C12H15Br2NO2S/c1-2-12(5-6-12)8-15-18(16,17)11-7-9(13)3-4-10(11)14/h3-4,7,15H,2,5-6,8H2,1H3. The quantitative estimate of drug-likeness (QED) is 0.824. The van der Waals surface area contributed by atoms with Crippen molar-refractivity contribution in [1.29, 1.82) is 0 Å². The van der Waals surface area contributed by atoms with Crippen molar-refractivity contribution in [3.8, 4) is 0 Å². The van der Waals surface area contributed by atoms with Crippen LogP contribution in [0.3, 0.4) is 0 Å². The molecule has 1 fully saturated rings. The Kier molecular flexibility index (Phi) is 4.21. The minimum absolute atomic E-state index is 0.200. The molecule has 0 aromatic heterocycles. The second-order valence-corrected chi connectivity index (χ2v) is 8.26. The molecule has 1 aliphatic carbocycles. The normalized spacial score (nSPS) is 17.7. The summed E-state index contributed by atoms with van der Waals surface area (Å²) in [5.41, 5.74) is 0.200. The van der Waals surface area contributed by atoms with Gasteiger partial charge in [0, 0.05) is 15.5 Å². The maximum Gasteiger partial charge on any atom is 0.241 e. The van der Waals surface area contributed by atoms with Crippen LogP contribution in [0.4, 0.5) is 0 Å². The van der Waals surface area contributed by atoms with Crippen LogP contribution in [-0.2, 0) is 10.0 Å². The van der Waals surface area contributed by atoms with Crippen LogP contribution < -0.4 is 4.72 Å². The zero-order valence-corrected chi connectivity index (χ0v) is 14.0. The lowest BCUT2D eigenvalue weighted by atomic mass is 10.1. The van der Waals surface area contributed by atoms with Crippen LogP contribution in [0.15, 0.2) is 32.0 Å². The molecule has 0 unspecified atom stereocenters. The summed E-state index contributed by atoms with van der Waals surface area (Å²) in [7, 11) is -3.44. The van der Waals surface area contributed by atoms with Crippen LogP contribution in [0.2, 0.25) is 0 Å². The van der Waals surface area contributed by atoms with Crippen molar-refractivity contribution >= 4 is 41.9 Å². The summed E-state index contributed by atoms with van der Waals surface area (Å²) in [6.45, 7) is 2.64. The van der Waals surface area contributed by atoms with Crippen LogP contribution in [0.25, 0.3) is 0 Å². The molecule has 3 nitrogen and oxygen atoms in total. The first-order chi connectivity index (χ1) is 8.38. The fourth-order valence-electron chi connectivity index (χ4n) is 1.84. The molecule has 0 bridgehead atoms. The topological polar surface area (TPSA) is 46.2 Å². The summed E-state index contributed by atoms with van der Waals surface area (Å²) in [5, 5.41) is 0. The minimum atomic E-state index is -3.44. The molecule has 0 radical (unpaired) electrons. The fourth-order valence-corrected chi connectivity index (χ4v) is 4.50. The molecule has 0 atom stereocenters. The number of halogens is 2. The van der Waals surface area contributed by atoms with E-state index in [2.05, 4.69) is 43.5 Å². The van der Waals surface area contributed by atoms with E-state index in [1.165, 1.54) is 0 Å². The Morgan fingerprint density at radius 3 is 2.56 bits per heavy atom. The highest BCUT2D eigenvalue weighted by molar-refractivity contribution is 9.11. The molecule has 1 aromatic carbocycles. The van der Waals surface area contributed by atoms with E-state index in [9.17, 15) is 8.42 Å². The van der Waals surface area contributed by atoms with Gasteiger partial charge in [-0.15, -0.1) is 0 Å². The molecule has 0 saturated heterocycles. The Morgan fingerprint density at radius 1 is 1.33 bits per heavy atom. The Labute approximate surface area is 125 Å². The average molecular weight is 397 g/mol. The van der Waals surface area contributed by atoms with Crippen molar-refractivity contribution in [2.45, 2.75) is 31.1 Å². The molecule has 0 heterocycles. The molecular weight excluding hydrogens is 382 g/mol. The largest absolute Gasteiger partial charge is 0.241 e. The van der Waals surface area contributed by atoms with Gasteiger partial charge in [0.1, 0.15) is 0 Å². The lowest BCUT2D eigenvalue weighted by Crippen LogP contribution is -2.30. The molecule has 0 spiro atoms. The van der Waals surface area contributed by atoms with Gasteiger partial charge in [0.15, 0.2) is 0 Å². The monoisotopic (exact) mass is 395 g/mol. The number of hydrogen-bond donors (Lipinski definition) is 1. The first-order valence-corrected chi connectivity index (χ1v) is 8.90. The third-order valence-corrected chi connectivity index (χ3v) is 6.42. The Bertz CT molecular complexity index is 553. The Balaban J connectivity index is 2.18. The van der Waals surface area contributed by atoms with Gasteiger partial charge in [0.05, 0.1) is 4.90 Å². The molecule has 18 heavy (non-hydrogen) atoms. The van der Waals surface area contributed by atoms with Crippen LogP contribution in [0, 0.1) is 5.41 Å². The second-order valence-electron chi connectivity index (χ2n) is 4.75. The molecule has 0 aliphatic heterocycles. The predicted octanol–water partition coefficient (Wildman–Crippen LogP) is 3.68. The smallest absolute Gasteiger partial charge is 0.211 e. The lowest BCUT2D eigenvalue weighted by molar-refractivity contribution is 0.475. The van der Waals surface area contributed by atoms with Crippen molar-refractivity contribution < 1.29 is 8.42 Å². The maximum absolute atomic E-state index is 12.2. The zero-order valence-electron chi connectivity index (χ0n) is 10.0. The van der Waals surface area contributed by atoms with Gasteiger partial charge in [0.25, 0.3) is 0 Å². The summed E-state index contributed by atoms with van der Waals surface area (Å²) in [6.07, 6.45) is 3.26. The Morgan fingerprint density at radius 2 is 2.00 bits per heavy atom. The molecule has 1 N–H and O–H groups in total. The van der Waals surface area contributed by atoms with Crippen molar-refractivity contribution in [1.82, 2.24) is 4.72 Å². The minimum Gasteiger partial charge on any atom is -0.211 e. The van der Waals surface area contributed by atoms with Crippen LogP contribution in [-0.4, -0.2) is 15.0 Å². The van der Waals surface area contributed by atoms with Gasteiger partial charge in [-0.3, -0.25) is 0 Å². The SMILES string of the molecule is CCC1(CNS(=O)(=O)c2cc(Br)ccc2Br)CC1. The van der Waals surface area contributed by atoms with E-state index in [-0.39, 0.29) is 10.3 Å². The highest BCUT2D eigenvalue weighted by Gasteiger charge is 2.41. The van der Waals surface area contributed by atoms with E-state index in [0.717, 1.165) is 23.7 Å². The van der Waals surface area contributed by atoms with E-state index < -0.39 is 10.0 Å². The first kappa shape index (κ1) is 14.5. The van der Waals surface area contributed by atoms with Gasteiger partial charge in [-0.25, -0.2) is 13.1 Å². The van der Waals surface area contributed by atoms with Gasteiger partial charge in [-0.2, -0.15) is 0 Å². The van der Waals surface area contributed by atoms with E-state index in [1.54, 1.807) is 18.2 Å². The lowest BCUT2D eigenvalue weighted by Gasteiger charge is -2.14. The van der Waals surface area contributed by atoms with Crippen molar-refractivity contribution in [2.75, 3.05) is 6.54 Å². The summed E-state index contributed by atoms with van der Waals surface area (Å²) < 4.78 is 28.5. The number of rotatable bonds is 5. The number of sulfonamides is 1. The van der Waals surface area contributed by atoms with E-state index in [4.69, 9.17) is 0 Å². The summed E-state index contributed by atoms with van der Waals surface area (Å²) in [4.78, 5) is 0.281. The molecular formula is C12H15Br2NO2S. The molecule has 1 aromatic rings. The second kappa shape index (κ2) is 5.23. The highest BCUT2D eigenvalue weighted by atomic mass is 79.9. The predicted molar refractivity (Wildman–Crippen MR) is 79.0 cm³/mol. The first-order valence-electron chi connectivity index (χ1n) is 5.83. The van der Waals surface area contributed by atoms with Gasteiger partial charge < -0.3 is 0 Å². The number of hydrogen-bond acceptors (Lipinski definition) is 2. The maximum atomic E-state index is 12.2. The molecule has 1 saturated carbocycles. The zero-order chi connectivity index (χ0) is 13.4. The molecule has 2 rings (SSSR count). The molecule has 6 heteroatoms. The van der Waals surface area contributed by atoms with Crippen molar-refractivity contribution in [2.24, 2.45) is 5.41 Å². The van der Waals surface area contributed by atoms with Gasteiger partial charge in [-0.05, 0) is 58.8 Å². The highest BCUT2D eigenvalue weighted by Crippen LogP contribution is 2.48. The van der Waals surface area contributed by atoms with E-state index >= 15 is 0 Å². The molecule has 100 valence electrons. The molecule has 0 amide bonds. The van der Waals surface area contributed by atoms with E-state index in [0.29, 0.717) is 11.0 Å². The van der Waals surface area contributed by atoms with Crippen molar-refractivity contribution in [3.63, 3.8) is 0 Å². The summed E-state index contributed by atoms with van der Waals surface area (Å²) in [5.74, 6) is 0. The van der Waals surface area contributed by atoms with Crippen LogP contribution in [0.5, 0.6) is 0 Å². The van der Waals surface area contributed by atoms with Gasteiger partial charge >= 0.3 is 0 Å². The summed E-state index contributed by atoms with van der Waals surface area (Å²) >= 11 is 6.57. The third kappa shape index (κ3) is 3.15. The Hall–Kier alpha value is 0.0900. The fraction of sp³-hybridized carbons (Fsp3) is 0.500. The van der Waals surface area contributed by atoms with Crippen LogP contribution >= 0.6 is 31.9 Å². The van der Waals surface area contributed by atoms with Crippen molar-refractivity contribution in [3.05, 3.63) is 27.1 Å². The third-order valence-electron chi connectivity index (χ3n) is 3.53. The number of benzene rings is 1.